The van der Waals surface area contributed by atoms with Crippen molar-refractivity contribution in [2.24, 2.45) is 0 Å². The SMILES string of the molecule is O[C@H]1CCN(Cc2nnnn2C2CC2)C1. The van der Waals surface area contributed by atoms with E-state index in [-0.39, 0.29) is 6.10 Å². The van der Waals surface area contributed by atoms with Crippen molar-refractivity contribution in [3.8, 4) is 0 Å². The third-order valence-corrected chi connectivity index (χ3v) is 3.07. The first-order valence-electron chi connectivity index (χ1n) is 5.50. The van der Waals surface area contributed by atoms with Crippen molar-refractivity contribution in [2.45, 2.75) is 38.0 Å². The number of aromatic nitrogens is 4. The van der Waals surface area contributed by atoms with Crippen LogP contribution < -0.4 is 0 Å². The molecule has 0 spiro atoms. The largest absolute Gasteiger partial charge is 0.392 e. The molecule has 1 saturated heterocycles. The molecule has 0 unspecified atom stereocenters. The molecule has 0 radical (unpaired) electrons. The summed E-state index contributed by atoms with van der Waals surface area (Å²) in [5, 5.41) is 21.2. The van der Waals surface area contributed by atoms with E-state index in [0.717, 1.165) is 31.9 Å². The van der Waals surface area contributed by atoms with Crippen LogP contribution in [0, 0.1) is 0 Å². The monoisotopic (exact) mass is 209 g/mol. The topological polar surface area (TPSA) is 67.1 Å². The van der Waals surface area contributed by atoms with Crippen molar-refractivity contribution in [1.29, 1.82) is 0 Å². The summed E-state index contributed by atoms with van der Waals surface area (Å²) < 4.78 is 1.94. The van der Waals surface area contributed by atoms with Gasteiger partial charge in [-0.05, 0) is 29.7 Å². The fourth-order valence-electron chi connectivity index (χ4n) is 2.07. The molecule has 2 aliphatic rings. The molecule has 0 bridgehead atoms. The highest BCUT2D eigenvalue weighted by molar-refractivity contribution is 4.91. The van der Waals surface area contributed by atoms with E-state index in [1.54, 1.807) is 0 Å². The first-order chi connectivity index (χ1) is 7.33. The second-order valence-electron chi connectivity index (χ2n) is 4.45. The number of likely N-dealkylation sites (tertiary alicyclic amines) is 1. The summed E-state index contributed by atoms with van der Waals surface area (Å²) in [6, 6.07) is 0.530. The lowest BCUT2D eigenvalue weighted by molar-refractivity contribution is 0.173. The lowest BCUT2D eigenvalue weighted by Crippen LogP contribution is -2.23. The molecule has 1 atom stereocenters. The third-order valence-electron chi connectivity index (χ3n) is 3.07. The Morgan fingerprint density at radius 3 is 2.87 bits per heavy atom. The summed E-state index contributed by atoms with van der Waals surface area (Å²) in [5.41, 5.74) is 0. The van der Waals surface area contributed by atoms with Crippen LogP contribution >= 0.6 is 0 Å². The summed E-state index contributed by atoms with van der Waals surface area (Å²) in [6.07, 6.45) is 3.09. The quantitative estimate of drug-likeness (QED) is 0.732. The maximum Gasteiger partial charge on any atom is 0.165 e. The molecule has 15 heavy (non-hydrogen) atoms. The Morgan fingerprint density at radius 2 is 2.20 bits per heavy atom. The van der Waals surface area contributed by atoms with E-state index in [1.165, 1.54) is 12.8 Å². The molecule has 0 amide bonds. The highest BCUT2D eigenvalue weighted by atomic mass is 16.3. The standard InChI is InChI=1S/C9H15N5O/c15-8-3-4-13(5-8)6-9-10-11-12-14(9)7-1-2-7/h7-8,15H,1-6H2/t8-/m0/s1. The second-order valence-corrected chi connectivity index (χ2v) is 4.45. The van der Waals surface area contributed by atoms with Gasteiger partial charge in [0.15, 0.2) is 5.82 Å². The van der Waals surface area contributed by atoms with Gasteiger partial charge in [-0.3, -0.25) is 4.90 Å². The Balaban J connectivity index is 1.68. The van der Waals surface area contributed by atoms with Crippen LogP contribution in [0.3, 0.4) is 0 Å². The average Bonchev–Trinajstić information content (AvgIpc) is 2.83. The molecule has 0 aromatic carbocycles. The van der Waals surface area contributed by atoms with Crippen LogP contribution in [0.25, 0.3) is 0 Å². The summed E-state index contributed by atoms with van der Waals surface area (Å²) >= 11 is 0. The van der Waals surface area contributed by atoms with Crippen LogP contribution in [0.5, 0.6) is 0 Å². The molecule has 1 aliphatic carbocycles. The zero-order valence-corrected chi connectivity index (χ0v) is 8.58. The van der Waals surface area contributed by atoms with Crippen molar-refractivity contribution in [3.63, 3.8) is 0 Å². The Bertz CT molecular complexity index is 348. The third kappa shape index (κ3) is 1.87. The maximum absolute atomic E-state index is 9.42. The smallest absolute Gasteiger partial charge is 0.165 e. The van der Waals surface area contributed by atoms with Crippen molar-refractivity contribution in [3.05, 3.63) is 5.82 Å². The lowest BCUT2D eigenvalue weighted by Gasteiger charge is -2.13. The molecule has 1 aromatic rings. The normalized spacial score (nSPS) is 27.4. The van der Waals surface area contributed by atoms with Gasteiger partial charge in [0.05, 0.1) is 18.7 Å². The van der Waals surface area contributed by atoms with E-state index in [0.29, 0.717) is 6.04 Å². The second kappa shape index (κ2) is 3.53. The first kappa shape index (κ1) is 9.23. The number of aliphatic hydroxyl groups excluding tert-OH is 1. The summed E-state index contributed by atoms with van der Waals surface area (Å²) in [6.45, 7) is 2.46. The van der Waals surface area contributed by atoms with Gasteiger partial charge in [-0.15, -0.1) is 5.10 Å². The number of hydrogen-bond acceptors (Lipinski definition) is 5. The van der Waals surface area contributed by atoms with Gasteiger partial charge in [0, 0.05) is 13.1 Å². The zero-order chi connectivity index (χ0) is 10.3. The van der Waals surface area contributed by atoms with E-state index in [9.17, 15) is 5.11 Å². The molecular formula is C9H15N5O. The Hall–Kier alpha value is -1.01. The predicted octanol–water partition coefficient (Wildman–Crippen LogP) is -0.425. The molecule has 6 heteroatoms. The van der Waals surface area contributed by atoms with Gasteiger partial charge in [-0.25, -0.2) is 4.68 Å². The fourth-order valence-corrected chi connectivity index (χ4v) is 2.07. The number of nitrogens with zero attached hydrogens (tertiary/aromatic N) is 5. The van der Waals surface area contributed by atoms with E-state index >= 15 is 0 Å². The van der Waals surface area contributed by atoms with Gasteiger partial charge in [0.2, 0.25) is 0 Å². The number of aliphatic hydroxyl groups is 1. The van der Waals surface area contributed by atoms with E-state index < -0.39 is 0 Å². The molecular weight excluding hydrogens is 194 g/mol. The van der Waals surface area contributed by atoms with Crippen LogP contribution in [0.1, 0.15) is 31.1 Å². The van der Waals surface area contributed by atoms with Crippen molar-refractivity contribution in [1.82, 2.24) is 25.1 Å². The molecule has 2 heterocycles. The van der Waals surface area contributed by atoms with Crippen LogP contribution in [0.4, 0.5) is 0 Å². The minimum absolute atomic E-state index is 0.171. The van der Waals surface area contributed by atoms with Crippen LogP contribution in [-0.4, -0.2) is 49.4 Å². The summed E-state index contributed by atoms with van der Waals surface area (Å²) in [5.74, 6) is 0.937. The molecule has 6 nitrogen and oxygen atoms in total. The van der Waals surface area contributed by atoms with Gasteiger partial charge in [-0.2, -0.15) is 0 Å². The van der Waals surface area contributed by atoms with Gasteiger partial charge in [-0.1, -0.05) is 0 Å². The summed E-state index contributed by atoms with van der Waals surface area (Å²) in [4.78, 5) is 2.20. The molecule has 1 N–H and O–H groups in total. The average molecular weight is 209 g/mol. The van der Waals surface area contributed by atoms with E-state index in [4.69, 9.17) is 0 Å². The van der Waals surface area contributed by atoms with Crippen LogP contribution in [0.15, 0.2) is 0 Å². The Labute approximate surface area is 87.9 Å². The Morgan fingerprint density at radius 1 is 1.33 bits per heavy atom. The predicted molar refractivity (Wildman–Crippen MR) is 52.0 cm³/mol. The number of β-amino-alcohol motifs (C(OH)–C–C–N with tert-alkyl or cyclic N) is 1. The molecule has 3 rings (SSSR count). The molecule has 1 aromatic heterocycles. The van der Waals surface area contributed by atoms with Gasteiger partial charge in [0.1, 0.15) is 0 Å². The van der Waals surface area contributed by atoms with Crippen molar-refractivity contribution in [2.75, 3.05) is 13.1 Å². The maximum atomic E-state index is 9.42. The van der Waals surface area contributed by atoms with Crippen molar-refractivity contribution >= 4 is 0 Å². The van der Waals surface area contributed by atoms with Gasteiger partial charge >= 0.3 is 0 Å². The number of hydrogen-bond donors (Lipinski definition) is 1. The molecule has 2 fully saturated rings. The fraction of sp³-hybridized carbons (Fsp3) is 0.889. The van der Waals surface area contributed by atoms with Crippen LogP contribution in [0.2, 0.25) is 0 Å². The minimum Gasteiger partial charge on any atom is -0.392 e. The Kier molecular flexibility index (Phi) is 2.17. The molecule has 82 valence electrons. The van der Waals surface area contributed by atoms with Gasteiger partial charge < -0.3 is 5.11 Å². The van der Waals surface area contributed by atoms with E-state index in [1.807, 2.05) is 4.68 Å². The highest BCUT2D eigenvalue weighted by Gasteiger charge is 2.29. The molecule has 1 saturated carbocycles. The first-order valence-corrected chi connectivity index (χ1v) is 5.50. The number of rotatable bonds is 3. The number of tetrazole rings is 1. The minimum atomic E-state index is -0.171. The van der Waals surface area contributed by atoms with Gasteiger partial charge in [0.25, 0.3) is 0 Å². The van der Waals surface area contributed by atoms with Crippen molar-refractivity contribution < 1.29 is 5.11 Å². The summed E-state index contributed by atoms with van der Waals surface area (Å²) in [7, 11) is 0. The van der Waals surface area contributed by atoms with Crippen LogP contribution in [-0.2, 0) is 6.54 Å². The highest BCUT2D eigenvalue weighted by Crippen LogP contribution is 2.34. The van der Waals surface area contributed by atoms with E-state index in [2.05, 4.69) is 20.4 Å². The lowest BCUT2D eigenvalue weighted by atomic mass is 10.3. The molecule has 1 aliphatic heterocycles. The zero-order valence-electron chi connectivity index (χ0n) is 8.58.